The van der Waals surface area contributed by atoms with Crippen LogP contribution in [0, 0.1) is 6.92 Å². The second-order valence-electron chi connectivity index (χ2n) is 6.10. The molecular formula is C20H28N4O2. The summed E-state index contributed by atoms with van der Waals surface area (Å²) in [6, 6.07) is 7.96. The van der Waals surface area contributed by atoms with E-state index in [1.807, 2.05) is 6.92 Å². The first-order valence-corrected chi connectivity index (χ1v) is 9.09. The Bertz CT molecular complexity index is 724. The summed E-state index contributed by atoms with van der Waals surface area (Å²) >= 11 is 0. The molecule has 0 radical (unpaired) electrons. The highest BCUT2D eigenvalue weighted by Crippen LogP contribution is 2.25. The zero-order chi connectivity index (χ0) is 18.9. The molecule has 0 fully saturated rings. The van der Waals surface area contributed by atoms with Crippen LogP contribution >= 0.6 is 0 Å². The van der Waals surface area contributed by atoms with Gasteiger partial charge in [0.1, 0.15) is 5.69 Å². The number of hydrogen-bond acceptors (Lipinski definition) is 5. The molecule has 26 heavy (non-hydrogen) atoms. The Morgan fingerprint density at radius 1 is 1.15 bits per heavy atom. The number of aromatic nitrogens is 2. The second kappa shape index (κ2) is 9.87. The first kappa shape index (κ1) is 19.8. The molecule has 0 bridgehead atoms. The average molecular weight is 356 g/mol. The fourth-order valence-corrected chi connectivity index (χ4v) is 2.76. The summed E-state index contributed by atoms with van der Waals surface area (Å²) in [6.45, 7) is 7.27. The van der Waals surface area contributed by atoms with Gasteiger partial charge in [-0.2, -0.15) is 0 Å². The number of methoxy groups -OCH3 is 1. The van der Waals surface area contributed by atoms with Crippen LogP contribution in [0.15, 0.2) is 24.3 Å². The first-order valence-electron chi connectivity index (χ1n) is 9.09. The lowest BCUT2D eigenvalue weighted by Crippen LogP contribution is -2.26. The van der Waals surface area contributed by atoms with Gasteiger partial charge in [0, 0.05) is 31.6 Å². The van der Waals surface area contributed by atoms with Gasteiger partial charge in [-0.25, -0.2) is 9.97 Å². The van der Waals surface area contributed by atoms with Crippen LogP contribution in [0.4, 0.5) is 11.6 Å². The van der Waals surface area contributed by atoms with Gasteiger partial charge in [0.2, 0.25) is 5.95 Å². The highest BCUT2D eigenvalue weighted by molar-refractivity contribution is 5.92. The van der Waals surface area contributed by atoms with Crippen LogP contribution in [0.25, 0.3) is 0 Å². The molecular weight excluding hydrogens is 328 g/mol. The molecule has 0 aliphatic carbocycles. The summed E-state index contributed by atoms with van der Waals surface area (Å²) < 4.78 is 4.99. The number of rotatable bonds is 9. The maximum Gasteiger partial charge on any atom is 0.270 e. The average Bonchev–Trinajstić information content (AvgIpc) is 2.64. The van der Waals surface area contributed by atoms with Crippen LogP contribution in [0.1, 0.15) is 47.6 Å². The largest absolute Gasteiger partial charge is 0.385 e. The number of carbonyl (C=O) groups excluding carboxylic acids is 1. The Morgan fingerprint density at radius 3 is 2.46 bits per heavy atom. The number of aryl methyl sites for hydroxylation is 3. The molecule has 140 valence electrons. The van der Waals surface area contributed by atoms with E-state index in [1.165, 1.54) is 11.1 Å². The van der Waals surface area contributed by atoms with Crippen LogP contribution < -0.4 is 10.6 Å². The van der Waals surface area contributed by atoms with Gasteiger partial charge >= 0.3 is 0 Å². The minimum absolute atomic E-state index is 0.200. The molecule has 1 heterocycles. The molecule has 1 amide bonds. The van der Waals surface area contributed by atoms with Crippen LogP contribution in [0.5, 0.6) is 0 Å². The number of para-hydroxylation sites is 1. The van der Waals surface area contributed by atoms with E-state index < -0.39 is 0 Å². The summed E-state index contributed by atoms with van der Waals surface area (Å²) in [5.74, 6) is 0.247. The predicted molar refractivity (Wildman–Crippen MR) is 104 cm³/mol. The Hall–Kier alpha value is -2.47. The Morgan fingerprint density at radius 2 is 1.85 bits per heavy atom. The van der Waals surface area contributed by atoms with Crippen molar-refractivity contribution in [1.29, 1.82) is 0 Å². The standard InChI is InChI=1S/C20H28N4O2/c1-5-15-9-7-10-16(6-2)18(15)24-20-22-14(3)13-17(23-20)19(25)21-11-8-12-26-4/h7,9-10,13H,5-6,8,11-12H2,1-4H3,(H,21,25)(H,22,23,24). The zero-order valence-corrected chi connectivity index (χ0v) is 16.1. The van der Waals surface area contributed by atoms with Gasteiger partial charge in [0.05, 0.1) is 0 Å². The normalized spacial score (nSPS) is 10.6. The van der Waals surface area contributed by atoms with Crippen molar-refractivity contribution in [2.75, 3.05) is 25.6 Å². The Kier molecular flexibility index (Phi) is 7.53. The van der Waals surface area contributed by atoms with Crippen molar-refractivity contribution in [3.8, 4) is 0 Å². The van der Waals surface area contributed by atoms with Crippen molar-refractivity contribution in [2.45, 2.75) is 40.0 Å². The maximum atomic E-state index is 12.3. The van der Waals surface area contributed by atoms with Gasteiger partial charge in [-0.05, 0) is 43.4 Å². The van der Waals surface area contributed by atoms with Crippen molar-refractivity contribution in [1.82, 2.24) is 15.3 Å². The molecule has 1 aromatic carbocycles. The van der Waals surface area contributed by atoms with Crippen molar-refractivity contribution >= 4 is 17.5 Å². The molecule has 2 rings (SSSR count). The quantitative estimate of drug-likeness (QED) is 0.673. The van der Waals surface area contributed by atoms with Crippen molar-refractivity contribution in [3.63, 3.8) is 0 Å². The lowest BCUT2D eigenvalue weighted by molar-refractivity contribution is 0.0943. The SMILES string of the molecule is CCc1cccc(CC)c1Nc1nc(C)cc(C(=O)NCCCOC)n1. The van der Waals surface area contributed by atoms with Gasteiger partial charge in [0.15, 0.2) is 0 Å². The number of nitrogens with one attached hydrogen (secondary N) is 2. The smallest absolute Gasteiger partial charge is 0.270 e. The number of ether oxygens (including phenoxy) is 1. The third-order valence-corrected chi connectivity index (χ3v) is 4.13. The van der Waals surface area contributed by atoms with Crippen molar-refractivity contribution in [3.05, 3.63) is 46.8 Å². The topological polar surface area (TPSA) is 76.1 Å². The van der Waals surface area contributed by atoms with Crippen molar-refractivity contribution < 1.29 is 9.53 Å². The molecule has 6 nitrogen and oxygen atoms in total. The van der Waals surface area contributed by atoms with Crippen LogP contribution in [-0.4, -0.2) is 36.1 Å². The lowest BCUT2D eigenvalue weighted by atomic mass is 10.0. The first-order chi connectivity index (χ1) is 12.6. The van der Waals surface area contributed by atoms with Gasteiger partial charge < -0.3 is 15.4 Å². The minimum atomic E-state index is -0.200. The molecule has 0 spiro atoms. The lowest BCUT2D eigenvalue weighted by Gasteiger charge is -2.15. The van der Waals surface area contributed by atoms with Gasteiger partial charge in [0.25, 0.3) is 5.91 Å². The van der Waals surface area contributed by atoms with Gasteiger partial charge in [-0.1, -0.05) is 32.0 Å². The molecule has 0 unspecified atom stereocenters. The molecule has 2 N–H and O–H groups in total. The third-order valence-electron chi connectivity index (χ3n) is 4.13. The van der Waals surface area contributed by atoms with Crippen LogP contribution in [0.3, 0.4) is 0 Å². The number of carbonyl (C=O) groups is 1. The summed E-state index contributed by atoms with van der Waals surface area (Å²) in [5, 5.41) is 6.19. The van der Waals surface area contributed by atoms with Crippen LogP contribution in [0.2, 0.25) is 0 Å². The fraction of sp³-hybridized carbons (Fsp3) is 0.450. The summed E-state index contributed by atoms with van der Waals surface area (Å²) in [4.78, 5) is 21.2. The van der Waals surface area contributed by atoms with E-state index in [-0.39, 0.29) is 5.91 Å². The van der Waals surface area contributed by atoms with Gasteiger partial charge in [-0.15, -0.1) is 0 Å². The van der Waals surface area contributed by atoms with E-state index in [2.05, 4.69) is 52.6 Å². The third kappa shape index (κ3) is 5.26. The molecule has 0 aliphatic heterocycles. The molecule has 0 saturated heterocycles. The molecule has 2 aromatic rings. The number of benzene rings is 1. The molecule has 0 aliphatic rings. The van der Waals surface area contributed by atoms with E-state index in [0.29, 0.717) is 24.8 Å². The molecule has 0 atom stereocenters. The maximum absolute atomic E-state index is 12.3. The van der Waals surface area contributed by atoms with Crippen LogP contribution in [-0.2, 0) is 17.6 Å². The monoisotopic (exact) mass is 356 g/mol. The van der Waals surface area contributed by atoms with E-state index in [4.69, 9.17) is 4.74 Å². The number of amides is 1. The molecule has 1 aromatic heterocycles. The summed E-state index contributed by atoms with van der Waals surface area (Å²) in [7, 11) is 1.65. The highest BCUT2D eigenvalue weighted by Gasteiger charge is 2.13. The number of hydrogen-bond donors (Lipinski definition) is 2. The number of nitrogens with zero attached hydrogens (tertiary/aromatic N) is 2. The Labute approximate surface area is 155 Å². The van der Waals surface area contributed by atoms with E-state index in [9.17, 15) is 4.79 Å². The summed E-state index contributed by atoms with van der Waals surface area (Å²) in [5.41, 5.74) is 4.57. The fourth-order valence-electron chi connectivity index (χ4n) is 2.76. The Balaban J connectivity index is 2.21. The summed E-state index contributed by atoms with van der Waals surface area (Å²) in [6.07, 6.45) is 2.59. The van der Waals surface area contributed by atoms with E-state index >= 15 is 0 Å². The minimum Gasteiger partial charge on any atom is -0.385 e. The molecule has 0 saturated carbocycles. The predicted octanol–water partition coefficient (Wildman–Crippen LogP) is 3.42. The second-order valence-corrected chi connectivity index (χ2v) is 6.10. The highest BCUT2D eigenvalue weighted by atomic mass is 16.5. The zero-order valence-electron chi connectivity index (χ0n) is 16.1. The van der Waals surface area contributed by atoms with Gasteiger partial charge in [-0.3, -0.25) is 4.79 Å². The van der Waals surface area contributed by atoms with E-state index in [0.717, 1.165) is 30.6 Å². The van der Waals surface area contributed by atoms with Crippen molar-refractivity contribution in [2.24, 2.45) is 0 Å². The molecule has 6 heteroatoms. The van der Waals surface area contributed by atoms with E-state index in [1.54, 1.807) is 13.2 Å². The number of anilines is 2.